The minimum atomic E-state index is 0.353. The maximum atomic E-state index is 5.62. The van der Waals surface area contributed by atoms with E-state index in [1.165, 1.54) is 0 Å². The van der Waals surface area contributed by atoms with Crippen LogP contribution in [0.4, 0.5) is 5.88 Å². The number of aromatic nitrogens is 2. The van der Waals surface area contributed by atoms with Crippen molar-refractivity contribution in [3.63, 3.8) is 0 Å². The van der Waals surface area contributed by atoms with Gasteiger partial charge in [-0.25, -0.2) is 0 Å². The smallest absolute Gasteiger partial charge is 0.230 e. The van der Waals surface area contributed by atoms with E-state index in [4.69, 9.17) is 10.3 Å². The summed E-state index contributed by atoms with van der Waals surface area (Å²) in [5.74, 6) is 0.353. The van der Waals surface area contributed by atoms with Crippen molar-refractivity contribution in [2.24, 2.45) is 0 Å². The minimum absolute atomic E-state index is 0.353. The van der Waals surface area contributed by atoms with Gasteiger partial charge >= 0.3 is 0 Å². The van der Waals surface area contributed by atoms with Crippen molar-refractivity contribution in [1.29, 1.82) is 0 Å². The fraction of sp³-hybridized carbons (Fsp3) is 0. The number of benzene rings is 1. The molecule has 2 heterocycles. The Labute approximate surface area is 79.3 Å². The lowest BCUT2D eigenvalue weighted by molar-refractivity contribution is 0.445. The van der Waals surface area contributed by atoms with Crippen LogP contribution in [-0.2, 0) is 0 Å². The molecule has 0 amide bonds. The van der Waals surface area contributed by atoms with E-state index >= 15 is 0 Å². The standard InChI is InChI=1S/C10H7N3O/c11-10-7-3-4-8-6(2-1-5-12-8)9(7)13-14-10/h1-5H,11H2. The van der Waals surface area contributed by atoms with Gasteiger partial charge in [-0.2, -0.15) is 0 Å². The van der Waals surface area contributed by atoms with Crippen LogP contribution in [0.2, 0.25) is 0 Å². The summed E-state index contributed by atoms with van der Waals surface area (Å²) in [6, 6.07) is 7.60. The predicted octanol–water partition coefficient (Wildman–Crippen LogP) is 1.96. The lowest BCUT2D eigenvalue weighted by Gasteiger charge is -1.95. The summed E-state index contributed by atoms with van der Waals surface area (Å²) in [4.78, 5) is 4.22. The summed E-state index contributed by atoms with van der Waals surface area (Å²) in [5.41, 5.74) is 7.29. The molecule has 0 saturated heterocycles. The van der Waals surface area contributed by atoms with Crippen molar-refractivity contribution in [2.45, 2.75) is 0 Å². The van der Waals surface area contributed by atoms with Crippen LogP contribution >= 0.6 is 0 Å². The van der Waals surface area contributed by atoms with E-state index in [1.54, 1.807) is 6.20 Å². The average Bonchev–Trinajstić information content (AvgIpc) is 2.61. The van der Waals surface area contributed by atoms with Crippen molar-refractivity contribution < 1.29 is 4.52 Å². The first-order valence-corrected chi connectivity index (χ1v) is 4.25. The second-order valence-electron chi connectivity index (χ2n) is 3.08. The van der Waals surface area contributed by atoms with Gasteiger partial charge in [-0.1, -0.05) is 5.16 Å². The summed E-state index contributed by atoms with van der Waals surface area (Å²) >= 11 is 0. The molecule has 2 N–H and O–H groups in total. The number of nitrogens with two attached hydrogens (primary N) is 1. The van der Waals surface area contributed by atoms with Gasteiger partial charge in [0.1, 0.15) is 5.52 Å². The Morgan fingerprint density at radius 3 is 3.00 bits per heavy atom. The van der Waals surface area contributed by atoms with Gasteiger partial charge in [-0.15, -0.1) is 0 Å². The van der Waals surface area contributed by atoms with Gasteiger partial charge in [0.25, 0.3) is 0 Å². The normalized spacial score (nSPS) is 11.1. The largest absolute Gasteiger partial charge is 0.367 e. The Balaban J connectivity index is 2.61. The van der Waals surface area contributed by atoms with Crippen molar-refractivity contribution >= 4 is 27.7 Å². The molecule has 0 saturated carbocycles. The third-order valence-electron chi connectivity index (χ3n) is 2.26. The first kappa shape index (κ1) is 7.32. The lowest BCUT2D eigenvalue weighted by Crippen LogP contribution is -1.81. The maximum Gasteiger partial charge on any atom is 0.230 e. The van der Waals surface area contributed by atoms with E-state index in [2.05, 4.69) is 10.1 Å². The van der Waals surface area contributed by atoms with Gasteiger partial charge in [0.2, 0.25) is 5.88 Å². The van der Waals surface area contributed by atoms with Crippen molar-refractivity contribution in [1.82, 2.24) is 10.1 Å². The summed E-state index contributed by atoms with van der Waals surface area (Å²) < 4.78 is 4.92. The molecule has 0 aliphatic heterocycles. The fourth-order valence-corrected chi connectivity index (χ4v) is 1.58. The average molecular weight is 185 g/mol. The second-order valence-corrected chi connectivity index (χ2v) is 3.08. The maximum absolute atomic E-state index is 5.62. The Morgan fingerprint density at radius 2 is 2.07 bits per heavy atom. The van der Waals surface area contributed by atoms with Crippen LogP contribution in [-0.4, -0.2) is 10.1 Å². The molecular formula is C10H7N3O. The van der Waals surface area contributed by atoms with Crippen LogP contribution in [0.3, 0.4) is 0 Å². The number of hydrogen-bond acceptors (Lipinski definition) is 4. The predicted molar refractivity (Wildman–Crippen MR) is 53.7 cm³/mol. The molecule has 14 heavy (non-hydrogen) atoms. The highest BCUT2D eigenvalue weighted by Gasteiger charge is 2.07. The fourth-order valence-electron chi connectivity index (χ4n) is 1.58. The third-order valence-corrected chi connectivity index (χ3v) is 2.26. The van der Waals surface area contributed by atoms with Crippen LogP contribution in [0.15, 0.2) is 35.0 Å². The zero-order valence-electron chi connectivity index (χ0n) is 7.27. The Bertz CT molecular complexity index is 615. The highest BCUT2D eigenvalue weighted by Crippen LogP contribution is 2.26. The highest BCUT2D eigenvalue weighted by molar-refractivity contribution is 6.06. The molecule has 3 rings (SSSR count). The van der Waals surface area contributed by atoms with Gasteiger partial charge < -0.3 is 10.3 Å². The van der Waals surface area contributed by atoms with E-state index in [1.807, 2.05) is 24.3 Å². The van der Waals surface area contributed by atoms with Crippen LogP contribution in [0.5, 0.6) is 0 Å². The Kier molecular flexibility index (Phi) is 1.28. The summed E-state index contributed by atoms with van der Waals surface area (Å²) in [6.45, 7) is 0. The van der Waals surface area contributed by atoms with Crippen molar-refractivity contribution in [3.05, 3.63) is 30.5 Å². The molecule has 0 aliphatic carbocycles. The first-order valence-electron chi connectivity index (χ1n) is 4.25. The Morgan fingerprint density at radius 1 is 1.14 bits per heavy atom. The summed E-state index contributed by atoms with van der Waals surface area (Å²) in [7, 11) is 0. The van der Waals surface area contributed by atoms with E-state index in [0.29, 0.717) is 5.88 Å². The number of pyridine rings is 1. The minimum Gasteiger partial charge on any atom is -0.367 e. The number of fused-ring (bicyclic) bond motifs is 3. The molecule has 0 radical (unpaired) electrons. The van der Waals surface area contributed by atoms with Gasteiger partial charge in [0.05, 0.1) is 10.9 Å². The number of nitrogen functional groups attached to an aromatic ring is 1. The Hall–Kier alpha value is -2.10. The van der Waals surface area contributed by atoms with E-state index in [-0.39, 0.29) is 0 Å². The van der Waals surface area contributed by atoms with Gasteiger partial charge in [-0.05, 0) is 24.3 Å². The van der Waals surface area contributed by atoms with Gasteiger partial charge in [0.15, 0.2) is 0 Å². The molecular weight excluding hydrogens is 178 g/mol. The van der Waals surface area contributed by atoms with Crippen LogP contribution in [0.25, 0.3) is 21.8 Å². The van der Waals surface area contributed by atoms with Crippen LogP contribution in [0, 0.1) is 0 Å². The highest BCUT2D eigenvalue weighted by atomic mass is 16.5. The molecule has 4 nitrogen and oxygen atoms in total. The molecule has 3 aromatic rings. The van der Waals surface area contributed by atoms with Crippen LogP contribution in [0.1, 0.15) is 0 Å². The van der Waals surface area contributed by atoms with Crippen molar-refractivity contribution in [2.75, 3.05) is 5.73 Å². The topological polar surface area (TPSA) is 64.9 Å². The molecule has 0 fully saturated rings. The zero-order chi connectivity index (χ0) is 9.54. The lowest BCUT2D eigenvalue weighted by atomic mass is 10.1. The molecule has 0 bridgehead atoms. The third kappa shape index (κ3) is 0.821. The summed E-state index contributed by atoms with van der Waals surface area (Å²) in [5, 5.41) is 5.71. The first-order chi connectivity index (χ1) is 6.86. The molecule has 1 aromatic carbocycles. The number of hydrogen-bond donors (Lipinski definition) is 1. The number of anilines is 1. The summed E-state index contributed by atoms with van der Waals surface area (Å²) in [6.07, 6.45) is 1.75. The quantitative estimate of drug-likeness (QED) is 0.581. The van der Waals surface area contributed by atoms with Crippen LogP contribution < -0.4 is 5.73 Å². The van der Waals surface area contributed by atoms with Crippen molar-refractivity contribution in [3.8, 4) is 0 Å². The van der Waals surface area contributed by atoms with E-state index < -0.39 is 0 Å². The van der Waals surface area contributed by atoms with E-state index in [9.17, 15) is 0 Å². The molecule has 0 spiro atoms. The van der Waals surface area contributed by atoms with E-state index in [0.717, 1.165) is 21.8 Å². The monoisotopic (exact) mass is 185 g/mol. The zero-order valence-corrected chi connectivity index (χ0v) is 7.27. The van der Waals surface area contributed by atoms with Gasteiger partial charge in [-0.3, -0.25) is 4.98 Å². The van der Waals surface area contributed by atoms with Gasteiger partial charge in [0, 0.05) is 11.6 Å². The second kappa shape index (κ2) is 2.45. The molecule has 68 valence electrons. The molecule has 0 atom stereocenters. The molecule has 2 aromatic heterocycles. The molecule has 0 unspecified atom stereocenters. The molecule has 0 aliphatic rings. The number of nitrogens with zero attached hydrogens (tertiary/aromatic N) is 2. The SMILES string of the molecule is Nc1onc2c1ccc1ncccc12. The number of rotatable bonds is 0. The molecule has 4 heteroatoms.